The summed E-state index contributed by atoms with van der Waals surface area (Å²) in [5, 5.41) is 6.56. The molecule has 1 aliphatic heterocycles. The summed E-state index contributed by atoms with van der Waals surface area (Å²) in [6, 6.07) is 16.3. The molecule has 0 bridgehead atoms. The first-order valence-corrected chi connectivity index (χ1v) is 13.8. The highest BCUT2D eigenvalue weighted by Crippen LogP contribution is 2.27. The van der Waals surface area contributed by atoms with Crippen molar-refractivity contribution in [1.82, 2.24) is 20.5 Å². The lowest BCUT2D eigenvalue weighted by atomic mass is 10.1. The molecule has 1 saturated heterocycles. The Kier molecular flexibility index (Phi) is 11.7. The molecule has 198 valence electrons. The molecule has 0 spiro atoms. The van der Waals surface area contributed by atoms with Gasteiger partial charge in [-0.3, -0.25) is 14.5 Å². The van der Waals surface area contributed by atoms with Crippen molar-refractivity contribution in [3.05, 3.63) is 81.3 Å². The number of alkyl halides is 1. The number of aromatic nitrogens is 1. The van der Waals surface area contributed by atoms with Crippen molar-refractivity contribution in [2.75, 3.05) is 31.1 Å². The number of amides is 2. The summed E-state index contributed by atoms with van der Waals surface area (Å²) in [5.41, 5.74) is 4.60. The van der Waals surface area contributed by atoms with Crippen molar-refractivity contribution in [3.63, 3.8) is 0 Å². The SMILES string of the molecule is CC(=O)NCc1ccc(CCl)cc1.CC(=O)NCc1ccc(CN2CCN(c3ncc(Cl)s3)CC2)cc1. The van der Waals surface area contributed by atoms with Crippen molar-refractivity contribution in [3.8, 4) is 0 Å². The largest absolute Gasteiger partial charge is 0.352 e. The van der Waals surface area contributed by atoms with Gasteiger partial charge < -0.3 is 15.5 Å². The van der Waals surface area contributed by atoms with E-state index in [1.54, 1.807) is 6.20 Å². The van der Waals surface area contributed by atoms with Gasteiger partial charge in [-0.05, 0) is 22.3 Å². The molecule has 0 aliphatic carbocycles. The molecule has 2 N–H and O–H groups in total. The molecule has 2 aromatic carbocycles. The number of rotatable bonds is 8. The van der Waals surface area contributed by atoms with Crippen LogP contribution >= 0.6 is 34.5 Å². The molecule has 0 atom stereocenters. The number of piperazine rings is 1. The summed E-state index contributed by atoms with van der Waals surface area (Å²) < 4.78 is 0.742. The molecule has 7 nitrogen and oxygen atoms in total. The number of hydrogen-bond donors (Lipinski definition) is 2. The topological polar surface area (TPSA) is 77.6 Å². The van der Waals surface area contributed by atoms with E-state index in [9.17, 15) is 9.59 Å². The minimum Gasteiger partial charge on any atom is -0.352 e. The fourth-order valence-electron chi connectivity index (χ4n) is 3.71. The number of carbonyl (C=O) groups excluding carboxylic acids is 2. The average molecular weight is 563 g/mol. The molecule has 4 rings (SSSR count). The number of carbonyl (C=O) groups is 2. The van der Waals surface area contributed by atoms with Gasteiger partial charge in [-0.15, -0.1) is 11.6 Å². The van der Waals surface area contributed by atoms with E-state index in [4.69, 9.17) is 23.2 Å². The Hall–Kier alpha value is -2.65. The molecule has 3 aromatic rings. The number of hydrogen-bond acceptors (Lipinski definition) is 6. The Bertz CT molecular complexity index is 1130. The van der Waals surface area contributed by atoms with E-state index in [1.165, 1.54) is 30.7 Å². The maximum Gasteiger partial charge on any atom is 0.217 e. The smallest absolute Gasteiger partial charge is 0.217 e. The standard InChI is InChI=1S/C17H21ClN4OS.C10H12ClNO/c1-13(23)19-10-14-2-4-15(5-3-14)12-21-6-8-22(9-7-21)17-20-11-16(18)24-17;1-8(13)12-7-10-4-2-9(6-11)3-5-10/h2-5,11H,6-10,12H2,1H3,(H,19,23);2-5H,6-7H2,1H3,(H,12,13). The van der Waals surface area contributed by atoms with Crippen LogP contribution < -0.4 is 15.5 Å². The maximum atomic E-state index is 10.9. The molecule has 0 unspecified atom stereocenters. The molecule has 10 heteroatoms. The van der Waals surface area contributed by atoms with Gasteiger partial charge in [-0.1, -0.05) is 71.5 Å². The van der Waals surface area contributed by atoms with Crippen molar-refractivity contribution in [2.24, 2.45) is 0 Å². The van der Waals surface area contributed by atoms with E-state index in [2.05, 4.69) is 49.7 Å². The number of benzene rings is 2. The number of nitrogens with zero attached hydrogens (tertiary/aromatic N) is 3. The molecule has 37 heavy (non-hydrogen) atoms. The van der Waals surface area contributed by atoms with E-state index < -0.39 is 0 Å². The average Bonchev–Trinajstić information content (AvgIpc) is 3.34. The van der Waals surface area contributed by atoms with Gasteiger partial charge in [0.1, 0.15) is 4.34 Å². The third-order valence-corrected chi connectivity index (χ3v) is 7.28. The van der Waals surface area contributed by atoms with Crippen LogP contribution in [0.2, 0.25) is 4.34 Å². The third-order valence-electron chi connectivity index (χ3n) is 5.80. The van der Waals surface area contributed by atoms with Crippen molar-refractivity contribution in [1.29, 1.82) is 0 Å². The molecule has 1 aliphatic rings. The minimum atomic E-state index is -0.0126. The Morgan fingerprint density at radius 1 is 0.838 bits per heavy atom. The van der Waals surface area contributed by atoms with Crippen molar-refractivity contribution < 1.29 is 9.59 Å². The van der Waals surface area contributed by atoms with Gasteiger partial charge in [0.2, 0.25) is 11.8 Å². The van der Waals surface area contributed by atoms with Crippen LogP contribution in [0.25, 0.3) is 0 Å². The number of nitrogens with one attached hydrogen (secondary N) is 2. The van der Waals surface area contributed by atoms with Crippen LogP contribution in [0.15, 0.2) is 54.7 Å². The predicted octanol–water partition coefficient (Wildman–Crippen LogP) is 4.82. The summed E-state index contributed by atoms with van der Waals surface area (Å²) in [4.78, 5) is 30.7. The highest BCUT2D eigenvalue weighted by atomic mass is 35.5. The normalized spacial score (nSPS) is 13.5. The Balaban J connectivity index is 0.000000248. The summed E-state index contributed by atoms with van der Waals surface area (Å²) in [5.74, 6) is 0.514. The molecule has 2 heterocycles. The maximum absolute atomic E-state index is 10.9. The van der Waals surface area contributed by atoms with Crippen LogP contribution in [-0.4, -0.2) is 47.9 Å². The fourth-order valence-corrected chi connectivity index (χ4v) is 4.84. The summed E-state index contributed by atoms with van der Waals surface area (Å²) in [7, 11) is 0. The first-order chi connectivity index (χ1) is 17.8. The van der Waals surface area contributed by atoms with Gasteiger partial charge >= 0.3 is 0 Å². The van der Waals surface area contributed by atoms with Gasteiger partial charge in [-0.25, -0.2) is 4.98 Å². The van der Waals surface area contributed by atoms with Crippen molar-refractivity contribution >= 4 is 51.5 Å². The first kappa shape index (κ1) is 28.9. The van der Waals surface area contributed by atoms with Gasteiger partial charge in [0, 0.05) is 65.5 Å². The lowest BCUT2D eigenvalue weighted by molar-refractivity contribution is -0.120. The monoisotopic (exact) mass is 561 g/mol. The van der Waals surface area contributed by atoms with Gasteiger partial charge in [0.25, 0.3) is 0 Å². The summed E-state index contributed by atoms with van der Waals surface area (Å²) in [6.07, 6.45) is 1.72. The third kappa shape index (κ3) is 10.3. The Morgan fingerprint density at radius 3 is 1.76 bits per heavy atom. The molecular formula is C27H33Cl2N5O2S. The fraction of sp³-hybridized carbons (Fsp3) is 0.370. The van der Waals surface area contributed by atoms with Crippen molar-refractivity contribution in [2.45, 2.75) is 39.4 Å². The highest BCUT2D eigenvalue weighted by Gasteiger charge is 2.19. The zero-order valence-corrected chi connectivity index (χ0v) is 23.5. The van der Waals surface area contributed by atoms with Gasteiger partial charge in [-0.2, -0.15) is 0 Å². The second-order valence-corrected chi connectivity index (χ2v) is 10.7. The number of thiazole rings is 1. The quantitative estimate of drug-likeness (QED) is 0.385. The van der Waals surface area contributed by atoms with E-state index in [-0.39, 0.29) is 11.8 Å². The number of anilines is 1. The molecule has 0 radical (unpaired) electrons. The summed E-state index contributed by atoms with van der Waals surface area (Å²) >= 11 is 13.1. The Morgan fingerprint density at radius 2 is 1.32 bits per heavy atom. The van der Waals surface area contributed by atoms with Crippen LogP contribution in [0, 0.1) is 0 Å². The second-order valence-electron chi connectivity index (χ2n) is 8.80. The molecular weight excluding hydrogens is 529 g/mol. The van der Waals surface area contributed by atoms with Crippen LogP contribution in [0.5, 0.6) is 0 Å². The van der Waals surface area contributed by atoms with E-state index in [0.29, 0.717) is 19.0 Å². The van der Waals surface area contributed by atoms with Crippen LogP contribution in [0.1, 0.15) is 36.1 Å². The first-order valence-electron chi connectivity index (χ1n) is 12.1. The van der Waals surface area contributed by atoms with E-state index in [0.717, 1.165) is 58.9 Å². The van der Waals surface area contributed by atoms with Crippen LogP contribution in [0.3, 0.4) is 0 Å². The summed E-state index contributed by atoms with van der Waals surface area (Å²) in [6.45, 7) is 9.15. The Labute approximate surface area is 232 Å². The minimum absolute atomic E-state index is 0.00142. The lowest BCUT2D eigenvalue weighted by Gasteiger charge is -2.34. The highest BCUT2D eigenvalue weighted by molar-refractivity contribution is 7.19. The molecule has 1 aromatic heterocycles. The molecule has 0 saturated carbocycles. The second kappa shape index (κ2) is 14.9. The van der Waals surface area contributed by atoms with Crippen LogP contribution in [-0.2, 0) is 35.1 Å². The van der Waals surface area contributed by atoms with Crippen LogP contribution in [0.4, 0.5) is 5.13 Å². The van der Waals surface area contributed by atoms with Gasteiger partial charge in [0.05, 0.1) is 6.20 Å². The molecule has 1 fully saturated rings. The molecule has 2 amide bonds. The number of halogens is 2. The van der Waals surface area contributed by atoms with E-state index >= 15 is 0 Å². The van der Waals surface area contributed by atoms with E-state index in [1.807, 2.05) is 24.3 Å². The zero-order valence-electron chi connectivity index (χ0n) is 21.2. The predicted molar refractivity (Wildman–Crippen MR) is 152 cm³/mol. The lowest BCUT2D eigenvalue weighted by Crippen LogP contribution is -2.45. The zero-order chi connectivity index (χ0) is 26.6. The van der Waals surface area contributed by atoms with Gasteiger partial charge in [0.15, 0.2) is 5.13 Å².